The Labute approximate surface area is 140 Å². The maximum absolute atomic E-state index is 11.6. The third kappa shape index (κ3) is 2.47. The minimum absolute atomic E-state index is 0.315. The lowest BCUT2D eigenvalue weighted by molar-refractivity contribution is -0.251. The summed E-state index contributed by atoms with van der Waals surface area (Å²) < 4.78 is 29.3. The van der Waals surface area contributed by atoms with Crippen molar-refractivity contribution < 1.29 is 28.8 Å². The Morgan fingerprint density at radius 1 is 1.04 bits per heavy atom. The van der Waals surface area contributed by atoms with Crippen LogP contribution in [0, 0.1) is 0 Å². The highest BCUT2D eigenvalue weighted by Gasteiger charge is 2.67. The molecule has 24 heavy (non-hydrogen) atoms. The fourth-order valence-electron chi connectivity index (χ4n) is 3.66. The zero-order chi connectivity index (χ0) is 17.2. The topological polar surface area (TPSA) is 79.3 Å². The predicted octanol–water partition coefficient (Wildman–Crippen LogP) is 1.30. The Hall–Kier alpha value is -1.09. The minimum Gasteiger partial charge on any atom is -0.378 e. The standard InChI is InChI=1S/C17H23NO6/c1-15(2)20-9-10(22-15)12-17(19,11-7-5-6-8-18-11)13-14(21-12)24-16(3,4)23-13/h5-8,10,12-14,19H,9H2,1-4H3/t10-,12-,13+,14-,17-/m1/s1. The molecule has 5 atom stereocenters. The van der Waals surface area contributed by atoms with Gasteiger partial charge in [0.05, 0.1) is 12.3 Å². The van der Waals surface area contributed by atoms with Crippen LogP contribution < -0.4 is 0 Å². The van der Waals surface area contributed by atoms with Crippen LogP contribution in [0.2, 0.25) is 0 Å². The molecule has 0 aliphatic carbocycles. The van der Waals surface area contributed by atoms with E-state index < -0.39 is 41.8 Å². The largest absolute Gasteiger partial charge is 0.378 e. The molecule has 3 aliphatic rings. The SMILES string of the molecule is CC1(C)OC[C@H]([C@H]2O[C@@H]3OC(C)(C)O[C@@H]3[C@@]2(O)c2ccccn2)O1. The average molecular weight is 337 g/mol. The van der Waals surface area contributed by atoms with Gasteiger partial charge in [0, 0.05) is 6.20 Å². The first-order valence-corrected chi connectivity index (χ1v) is 8.18. The quantitative estimate of drug-likeness (QED) is 0.871. The van der Waals surface area contributed by atoms with Gasteiger partial charge in [-0.25, -0.2) is 0 Å². The molecule has 3 saturated heterocycles. The summed E-state index contributed by atoms with van der Waals surface area (Å²) in [5.74, 6) is -1.56. The minimum atomic E-state index is -1.49. The van der Waals surface area contributed by atoms with Gasteiger partial charge in [-0.1, -0.05) is 6.07 Å². The Balaban J connectivity index is 1.72. The van der Waals surface area contributed by atoms with Gasteiger partial charge in [0.2, 0.25) is 0 Å². The van der Waals surface area contributed by atoms with Crippen molar-refractivity contribution in [2.24, 2.45) is 0 Å². The van der Waals surface area contributed by atoms with Crippen molar-refractivity contribution in [2.45, 2.75) is 69.5 Å². The van der Waals surface area contributed by atoms with Gasteiger partial charge >= 0.3 is 0 Å². The van der Waals surface area contributed by atoms with Crippen molar-refractivity contribution in [1.29, 1.82) is 0 Å². The zero-order valence-electron chi connectivity index (χ0n) is 14.3. The summed E-state index contributed by atoms with van der Waals surface area (Å²) in [6, 6.07) is 5.37. The second-order valence-electron chi connectivity index (χ2n) is 7.39. The third-order valence-electron chi connectivity index (χ3n) is 4.65. The summed E-state index contributed by atoms with van der Waals surface area (Å²) in [4.78, 5) is 4.34. The Morgan fingerprint density at radius 3 is 2.46 bits per heavy atom. The highest BCUT2D eigenvalue weighted by Crippen LogP contribution is 2.50. The molecule has 0 saturated carbocycles. The van der Waals surface area contributed by atoms with E-state index in [0.717, 1.165) is 0 Å². The number of hydrogen-bond donors (Lipinski definition) is 1. The fraction of sp³-hybridized carbons (Fsp3) is 0.706. The molecule has 3 fully saturated rings. The summed E-state index contributed by atoms with van der Waals surface area (Å²) in [6.07, 6.45) is -0.911. The number of aromatic nitrogens is 1. The van der Waals surface area contributed by atoms with Gasteiger partial charge in [-0.05, 0) is 39.8 Å². The Bertz CT molecular complexity index is 621. The second-order valence-corrected chi connectivity index (χ2v) is 7.39. The molecule has 1 aromatic rings. The molecule has 0 amide bonds. The van der Waals surface area contributed by atoms with Gasteiger partial charge in [0.1, 0.15) is 18.3 Å². The maximum atomic E-state index is 11.6. The normalized spacial score (nSPS) is 43.0. The molecule has 0 unspecified atom stereocenters. The monoisotopic (exact) mass is 337 g/mol. The average Bonchev–Trinajstić information content (AvgIpc) is 3.11. The van der Waals surface area contributed by atoms with E-state index in [9.17, 15) is 5.11 Å². The molecular weight excluding hydrogens is 314 g/mol. The van der Waals surface area contributed by atoms with Gasteiger partial charge in [0.25, 0.3) is 0 Å². The van der Waals surface area contributed by atoms with E-state index in [4.69, 9.17) is 23.7 Å². The smallest absolute Gasteiger partial charge is 0.191 e. The van der Waals surface area contributed by atoms with E-state index in [2.05, 4.69) is 4.98 Å². The summed E-state index contributed by atoms with van der Waals surface area (Å²) in [6.45, 7) is 7.56. The molecular formula is C17H23NO6. The van der Waals surface area contributed by atoms with Crippen molar-refractivity contribution >= 4 is 0 Å². The number of fused-ring (bicyclic) bond motifs is 1. The first-order valence-electron chi connectivity index (χ1n) is 8.18. The first kappa shape index (κ1) is 16.4. The molecule has 4 rings (SSSR count). The molecule has 0 spiro atoms. The van der Waals surface area contributed by atoms with Crippen LogP contribution in [0.25, 0.3) is 0 Å². The molecule has 0 aromatic carbocycles. The van der Waals surface area contributed by atoms with Gasteiger partial charge in [-0.3, -0.25) is 4.98 Å². The van der Waals surface area contributed by atoms with E-state index in [0.29, 0.717) is 12.3 Å². The van der Waals surface area contributed by atoms with Gasteiger partial charge < -0.3 is 28.8 Å². The van der Waals surface area contributed by atoms with Crippen LogP contribution in [0.15, 0.2) is 24.4 Å². The number of pyridine rings is 1. The summed E-state index contributed by atoms with van der Waals surface area (Å²) in [5.41, 5.74) is -1.02. The van der Waals surface area contributed by atoms with Crippen LogP contribution >= 0.6 is 0 Å². The lowest BCUT2D eigenvalue weighted by atomic mass is 9.85. The zero-order valence-corrected chi connectivity index (χ0v) is 14.3. The molecule has 1 N–H and O–H groups in total. The number of rotatable bonds is 2. The van der Waals surface area contributed by atoms with Crippen LogP contribution in [0.3, 0.4) is 0 Å². The summed E-state index contributed by atoms with van der Waals surface area (Å²) in [5, 5.41) is 11.6. The van der Waals surface area contributed by atoms with Crippen molar-refractivity contribution in [3.05, 3.63) is 30.1 Å². The van der Waals surface area contributed by atoms with Gasteiger partial charge in [-0.15, -0.1) is 0 Å². The fourth-order valence-corrected chi connectivity index (χ4v) is 3.66. The van der Waals surface area contributed by atoms with Crippen molar-refractivity contribution in [3.63, 3.8) is 0 Å². The lowest BCUT2D eigenvalue weighted by Crippen LogP contribution is -2.52. The molecule has 0 bridgehead atoms. The molecule has 7 nitrogen and oxygen atoms in total. The highest BCUT2D eigenvalue weighted by molar-refractivity contribution is 5.23. The number of hydrogen-bond acceptors (Lipinski definition) is 7. The van der Waals surface area contributed by atoms with E-state index in [-0.39, 0.29) is 0 Å². The van der Waals surface area contributed by atoms with E-state index in [1.54, 1.807) is 32.2 Å². The van der Waals surface area contributed by atoms with E-state index >= 15 is 0 Å². The maximum Gasteiger partial charge on any atom is 0.191 e. The molecule has 3 aliphatic heterocycles. The van der Waals surface area contributed by atoms with Crippen LogP contribution in [0.1, 0.15) is 33.4 Å². The van der Waals surface area contributed by atoms with Crippen LogP contribution in [0.5, 0.6) is 0 Å². The second kappa shape index (κ2) is 5.20. The molecule has 1 aromatic heterocycles. The predicted molar refractivity (Wildman–Crippen MR) is 81.7 cm³/mol. The molecule has 0 radical (unpaired) electrons. The summed E-state index contributed by atoms with van der Waals surface area (Å²) >= 11 is 0. The van der Waals surface area contributed by atoms with Crippen molar-refractivity contribution in [1.82, 2.24) is 4.98 Å². The number of nitrogens with zero attached hydrogens (tertiary/aromatic N) is 1. The number of ether oxygens (including phenoxy) is 5. The van der Waals surface area contributed by atoms with Crippen LogP contribution in [-0.2, 0) is 29.3 Å². The highest BCUT2D eigenvalue weighted by atomic mass is 16.8. The molecule has 4 heterocycles. The first-order chi connectivity index (χ1) is 11.2. The molecule has 7 heteroatoms. The van der Waals surface area contributed by atoms with E-state index in [1.807, 2.05) is 19.9 Å². The van der Waals surface area contributed by atoms with E-state index in [1.165, 1.54) is 0 Å². The van der Waals surface area contributed by atoms with Gasteiger partial charge in [-0.2, -0.15) is 0 Å². The van der Waals surface area contributed by atoms with Crippen molar-refractivity contribution in [3.8, 4) is 0 Å². The van der Waals surface area contributed by atoms with Gasteiger partial charge in [0.15, 0.2) is 23.5 Å². The molecule has 132 valence electrons. The van der Waals surface area contributed by atoms with Crippen molar-refractivity contribution in [2.75, 3.05) is 6.61 Å². The third-order valence-corrected chi connectivity index (χ3v) is 4.65. The van der Waals surface area contributed by atoms with Crippen LogP contribution in [-0.4, -0.2) is 52.9 Å². The lowest BCUT2D eigenvalue weighted by Gasteiger charge is -2.35. The number of aliphatic hydroxyl groups is 1. The summed E-state index contributed by atoms with van der Waals surface area (Å²) in [7, 11) is 0. The van der Waals surface area contributed by atoms with Crippen LogP contribution in [0.4, 0.5) is 0 Å². The Kier molecular flexibility index (Phi) is 3.55. The Morgan fingerprint density at radius 2 is 1.83 bits per heavy atom.